The molecular weight excluding hydrogens is 689 g/mol. The standard InChI is InChI=1S/C43H82NO8P/c1-3-5-7-9-11-13-15-16-17-18-19-20-21-22-23-24-26-27-29-31-33-35-42(45)49-39-41(40-51-53(47,48)50-38-37-44)52-43(46)36-34-32-30-28-25-14-12-10-8-6-4-2/h10,12,16-17,41H,3-9,11,13-15,18-40,44H2,1-2H3,(H,47,48). The molecule has 2 atom stereocenters. The average molecular weight is 772 g/mol. The molecule has 0 saturated carbocycles. The molecule has 0 aromatic heterocycles. The number of allylic oxidation sites excluding steroid dienone is 4. The van der Waals surface area contributed by atoms with Crippen molar-refractivity contribution >= 4 is 19.8 Å². The molecule has 3 N–H and O–H groups in total. The summed E-state index contributed by atoms with van der Waals surface area (Å²) >= 11 is 0. The van der Waals surface area contributed by atoms with Gasteiger partial charge in [-0.25, -0.2) is 4.57 Å². The Kier molecular flexibility index (Phi) is 39.0. The number of hydrogen-bond acceptors (Lipinski definition) is 8. The molecule has 53 heavy (non-hydrogen) atoms. The first kappa shape index (κ1) is 51.5. The molecule has 0 fully saturated rings. The van der Waals surface area contributed by atoms with Crippen LogP contribution in [0.1, 0.15) is 206 Å². The van der Waals surface area contributed by atoms with Crippen molar-refractivity contribution in [2.45, 2.75) is 213 Å². The first-order valence-electron chi connectivity index (χ1n) is 21.8. The Balaban J connectivity index is 4.05. The SMILES string of the molecule is CCCCC=CCCCCCCCC(=O)OC(COC(=O)CCCCCCCCCCCCCC=CCCCCCCCC)COP(=O)(O)OCCN. The van der Waals surface area contributed by atoms with Gasteiger partial charge in [-0.1, -0.05) is 160 Å². The normalized spacial score (nSPS) is 13.5. The predicted molar refractivity (Wildman–Crippen MR) is 220 cm³/mol. The number of phosphoric ester groups is 1. The van der Waals surface area contributed by atoms with Crippen molar-refractivity contribution in [2.24, 2.45) is 5.73 Å². The molecule has 0 bridgehead atoms. The second-order valence-electron chi connectivity index (χ2n) is 14.6. The van der Waals surface area contributed by atoms with E-state index in [0.717, 1.165) is 57.8 Å². The van der Waals surface area contributed by atoms with Crippen LogP contribution in [0.2, 0.25) is 0 Å². The lowest BCUT2D eigenvalue weighted by molar-refractivity contribution is -0.161. The monoisotopic (exact) mass is 772 g/mol. The molecule has 312 valence electrons. The molecule has 0 spiro atoms. The van der Waals surface area contributed by atoms with E-state index in [1.807, 2.05) is 0 Å². The highest BCUT2D eigenvalue weighted by molar-refractivity contribution is 7.47. The van der Waals surface area contributed by atoms with Gasteiger partial charge in [-0.15, -0.1) is 0 Å². The molecule has 0 radical (unpaired) electrons. The second kappa shape index (κ2) is 40.2. The Morgan fingerprint density at radius 1 is 0.547 bits per heavy atom. The van der Waals surface area contributed by atoms with Crippen LogP contribution in [0.15, 0.2) is 24.3 Å². The summed E-state index contributed by atoms with van der Waals surface area (Å²) in [6.45, 7) is 3.69. The summed E-state index contributed by atoms with van der Waals surface area (Å²) in [5.74, 6) is -0.836. The number of phosphoric acid groups is 1. The van der Waals surface area contributed by atoms with Crippen molar-refractivity contribution in [3.05, 3.63) is 24.3 Å². The third-order valence-corrected chi connectivity index (χ3v) is 10.3. The lowest BCUT2D eigenvalue weighted by atomic mass is 10.0. The van der Waals surface area contributed by atoms with E-state index in [1.54, 1.807) is 0 Å². The summed E-state index contributed by atoms with van der Waals surface area (Å²) in [6, 6.07) is 0. The highest BCUT2D eigenvalue weighted by Gasteiger charge is 2.26. The van der Waals surface area contributed by atoms with Crippen molar-refractivity contribution in [1.82, 2.24) is 0 Å². The van der Waals surface area contributed by atoms with Crippen LogP contribution in [-0.2, 0) is 32.7 Å². The highest BCUT2D eigenvalue weighted by Crippen LogP contribution is 2.43. The average Bonchev–Trinajstić information content (AvgIpc) is 3.14. The fourth-order valence-electron chi connectivity index (χ4n) is 6.02. The molecule has 0 rings (SSSR count). The van der Waals surface area contributed by atoms with E-state index in [1.165, 1.54) is 116 Å². The Bertz CT molecular complexity index is 928. The van der Waals surface area contributed by atoms with Gasteiger partial charge in [0, 0.05) is 19.4 Å². The zero-order valence-electron chi connectivity index (χ0n) is 34.3. The molecule has 0 amide bonds. The van der Waals surface area contributed by atoms with Crippen molar-refractivity contribution in [1.29, 1.82) is 0 Å². The fraction of sp³-hybridized carbons (Fsp3) is 0.860. The molecular formula is C43H82NO8P. The van der Waals surface area contributed by atoms with Crippen molar-refractivity contribution in [3.8, 4) is 0 Å². The minimum atomic E-state index is -4.37. The molecule has 0 aliphatic rings. The van der Waals surface area contributed by atoms with E-state index in [0.29, 0.717) is 6.42 Å². The lowest BCUT2D eigenvalue weighted by Crippen LogP contribution is -2.29. The molecule has 0 saturated heterocycles. The number of esters is 2. The minimum absolute atomic E-state index is 0.0530. The van der Waals surface area contributed by atoms with Gasteiger partial charge in [-0.05, 0) is 57.8 Å². The summed E-state index contributed by atoms with van der Waals surface area (Å²) < 4.78 is 32.7. The molecule has 0 aromatic rings. The third kappa shape index (κ3) is 40.0. The molecule has 10 heteroatoms. The van der Waals surface area contributed by atoms with Gasteiger partial charge in [0.1, 0.15) is 6.61 Å². The van der Waals surface area contributed by atoms with Crippen molar-refractivity contribution in [2.75, 3.05) is 26.4 Å². The number of rotatable bonds is 41. The van der Waals surface area contributed by atoms with Gasteiger partial charge in [0.15, 0.2) is 6.10 Å². The predicted octanol–water partition coefficient (Wildman–Crippen LogP) is 12.4. The smallest absolute Gasteiger partial charge is 0.462 e. The van der Waals surface area contributed by atoms with E-state index in [-0.39, 0.29) is 38.6 Å². The number of ether oxygens (including phenoxy) is 2. The summed E-state index contributed by atoms with van der Waals surface area (Å²) in [4.78, 5) is 34.8. The van der Waals surface area contributed by atoms with E-state index in [4.69, 9.17) is 24.3 Å². The van der Waals surface area contributed by atoms with Crippen LogP contribution in [-0.4, -0.2) is 49.3 Å². The Labute approximate surface area is 325 Å². The molecule has 9 nitrogen and oxygen atoms in total. The number of nitrogens with two attached hydrogens (primary N) is 1. The molecule has 0 aliphatic heterocycles. The van der Waals surface area contributed by atoms with Crippen molar-refractivity contribution in [3.63, 3.8) is 0 Å². The minimum Gasteiger partial charge on any atom is -0.462 e. The molecule has 2 unspecified atom stereocenters. The van der Waals surface area contributed by atoms with Gasteiger partial charge in [-0.3, -0.25) is 18.6 Å². The van der Waals surface area contributed by atoms with Crippen molar-refractivity contribution < 1.29 is 37.6 Å². The Morgan fingerprint density at radius 2 is 0.943 bits per heavy atom. The number of carbonyl (C=O) groups is 2. The van der Waals surface area contributed by atoms with E-state index in [2.05, 4.69) is 38.2 Å². The Hall–Kier alpha value is -1.51. The third-order valence-electron chi connectivity index (χ3n) is 9.31. The van der Waals surface area contributed by atoms with E-state index in [9.17, 15) is 19.0 Å². The number of unbranched alkanes of at least 4 members (excludes halogenated alkanes) is 24. The van der Waals surface area contributed by atoms with Gasteiger partial charge < -0.3 is 20.1 Å². The van der Waals surface area contributed by atoms with Gasteiger partial charge >= 0.3 is 19.8 Å². The van der Waals surface area contributed by atoms with Crippen LogP contribution in [0.3, 0.4) is 0 Å². The van der Waals surface area contributed by atoms with Gasteiger partial charge in [0.25, 0.3) is 0 Å². The lowest BCUT2D eigenvalue weighted by Gasteiger charge is -2.19. The second-order valence-corrected chi connectivity index (χ2v) is 16.0. The summed E-state index contributed by atoms with van der Waals surface area (Å²) in [6.07, 6.45) is 42.2. The maximum Gasteiger partial charge on any atom is 0.472 e. The number of carbonyl (C=O) groups excluding carboxylic acids is 2. The van der Waals surface area contributed by atoms with Crippen LogP contribution in [0.5, 0.6) is 0 Å². The van der Waals surface area contributed by atoms with E-state index >= 15 is 0 Å². The highest BCUT2D eigenvalue weighted by atomic mass is 31.2. The number of hydrogen-bond donors (Lipinski definition) is 2. The topological polar surface area (TPSA) is 134 Å². The van der Waals surface area contributed by atoms with Gasteiger partial charge in [0.2, 0.25) is 0 Å². The maximum absolute atomic E-state index is 12.5. The van der Waals surface area contributed by atoms with Crippen LogP contribution < -0.4 is 5.73 Å². The van der Waals surface area contributed by atoms with Crippen LogP contribution in [0, 0.1) is 0 Å². The fourth-order valence-corrected chi connectivity index (χ4v) is 6.79. The van der Waals surface area contributed by atoms with Gasteiger partial charge in [0.05, 0.1) is 13.2 Å². The van der Waals surface area contributed by atoms with Crippen LogP contribution >= 0.6 is 7.82 Å². The summed E-state index contributed by atoms with van der Waals surface area (Å²) in [5, 5.41) is 0. The zero-order valence-corrected chi connectivity index (χ0v) is 35.2. The first-order chi connectivity index (χ1) is 25.8. The summed E-state index contributed by atoms with van der Waals surface area (Å²) in [5.41, 5.74) is 5.34. The molecule has 0 heterocycles. The summed E-state index contributed by atoms with van der Waals surface area (Å²) in [7, 11) is -4.37. The molecule has 0 aromatic carbocycles. The van der Waals surface area contributed by atoms with Gasteiger partial charge in [-0.2, -0.15) is 0 Å². The maximum atomic E-state index is 12.5. The van der Waals surface area contributed by atoms with E-state index < -0.39 is 26.5 Å². The van der Waals surface area contributed by atoms with Crippen LogP contribution in [0.4, 0.5) is 0 Å². The molecule has 0 aliphatic carbocycles. The first-order valence-corrected chi connectivity index (χ1v) is 23.3. The zero-order chi connectivity index (χ0) is 38.9. The van der Waals surface area contributed by atoms with Crippen LogP contribution in [0.25, 0.3) is 0 Å². The quantitative estimate of drug-likeness (QED) is 0.0269. The Morgan fingerprint density at radius 3 is 1.40 bits per heavy atom. The largest absolute Gasteiger partial charge is 0.472 e.